The average molecular weight is 299 g/mol. The number of nitrogens with zero attached hydrogens (tertiary/aromatic N) is 1. The van der Waals surface area contributed by atoms with Crippen LogP contribution in [0, 0.1) is 0 Å². The number of benzene rings is 2. The van der Waals surface area contributed by atoms with Crippen LogP contribution in [0.3, 0.4) is 0 Å². The molecule has 0 heterocycles. The number of aryl methyl sites for hydroxylation is 1. The molecule has 4 heteroatoms. The van der Waals surface area contributed by atoms with Crippen LogP contribution in [-0.4, -0.2) is 18.0 Å². The molecule has 2 rings (SSSR count). The van der Waals surface area contributed by atoms with Crippen molar-refractivity contribution in [3.05, 3.63) is 59.7 Å². The second kappa shape index (κ2) is 8.08. The first kappa shape index (κ1) is 15.9. The van der Waals surface area contributed by atoms with E-state index < -0.39 is 0 Å². The van der Waals surface area contributed by atoms with Crippen LogP contribution in [0.15, 0.2) is 53.7 Å². The molecule has 0 bridgehead atoms. The number of ether oxygens (including phenoxy) is 2. The Morgan fingerprint density at radius 3 is 2.50 bits per heavy atom. The molecule has 0 aliphatic heterocycles. The van der Waals surface area contributed by atoms with Gasteiger partial charge in [-0.25, -0.2) is 0 Å². The van der Waals surface area contributed by atoms with Crippen molar-refractivity contribution in [1.82, 2.24) is 0 Å². The summed E-state index contributed by atoms with van der Waals surface area (Å²) in [4.78, 5) is 0. The minimum absolute atomic E-state index is 0.507. The summed E-state index contributed by atoms with van der Waals surface area (Å²) in [5.41, 5.74) is 2.94. The van der Waals surface area contributed by atoms with Gasteiger partial charge in [0.2, 0.25) is 0 Å². The standard InChI is InChI=1S/C18H21NO3/c1-14(19-20)8-9-15-10-11-17(18(12-15)21-2)22-13-16-6-4-3-5-7-16/h3-7,10-12,20H,8-9,13H2,1-2H3/b19-14-. The highest BCUT2D eigenvalue weighted by Crippen LogP contribution is 2.29. The summed E-state index contributed by atoms with van der Waals surface area (Å²) >= 11 is 0. The molecule has 0 saturated carbocycles. The van der Waals surface area contributed by atoms with Crippen molar-refractivity contribution >= 4 is 5.71 Å². The molecule has 0 saturated heterocycles. The van der Waals surface area contributed by atoms with Crippen molar-refractivity contribution < 1.29 is 14.7 Å². The summed E-state index contributed by atoms with van der Waals surface area (Å²) < 4.78 is 11.2. The molecular formula is C18H21NO3. The third-order valence-electron chi connectivity index (χ3n) is 3.41. The van der Waals surface area contributed by atoms with E-state index in [1.54, 1.807) is 14.0 Å². The van der Waals surface area contributed by atoms with Crippen LogP contribution < -0.4 is 9.47 Å². The molecule has 4 nitrogen and oxygen atoms in total. The van der Waals surface area contributed by atoms with Crippen molar-refractivity contribution in [2.75, 3.05) is 7.11 Å². The fourth-order valence-electron chi connectivity index (χ4n) is 2.10. The van der Waals surface area contributed by atoms with E-state index in [0.717, 1.165) is 23.3 Å². The number of hydrogen-bond donors (Lipinski definition) is 1. The summed E-state index contributed by atoms with van der Waals surface area (Å²) in [6.45, 7) is 2.31. The van der Waals surface area contributed by atoms with Crippen LogP contribution in [-0.2, 0) is 13.0 Å². The second-order valence-electron chi connectivity index (χ2n) is 5.09. The van der Waals surface area contributed by atoms with E-state index in [1.807, 2.05) is 48.5 Å². The van der Waals surface area contributed by atoms with Gasteiger partial charge in [-0.3, -0.25) is 0 Å². The number of rotatable bonds is 7. The number of oxime groups is 1. The Labute approximate surface area is 131 Å². The summed E-state index contributed by atoms with van der Waals surface area (Å²) in [5.74, 6) is 1.44. The lowest BCUT2D eigenvalue weighted by Gasteiger charge is -2.12. The van der Waals surface area contributed by atoms with Crippen LogP contribution in [0.4, 0.5) is 0 Å². The number of methoxy groups -OCH3 is 1. The van der Waals surface area contributed by atoms with Crippen LogP contribution >= 0.6 is 0 Å². The van der Waals surface area contributed by atoms with E-state index >= 15 is 0 Å². The number of hydrogen-bond acceptors (Lipinski definition) is 4. The molecule has 0 unspecified atom stereocenters. The Bertz CT molecular complexity index is 623. The minimum atomic E-state index is 0.507. The quantitative estimate of drug-likeness (QED) is 0.476. The summed E-state index contributed by atoms with van der Waals surface area (Å²) in [7, 11) is 1.63. The van der Waals surface area contributed by atoms with Crippen LogP contribution in [0.1, 0.15) is 24.5 Å². The minimum Gasteiger partial charge on any atom is -0.493 e. The van der Waals surface area contributed by atoms with Gasteiger partial charge in [0.05, 0.1) is 12.8 Å². The Morgan fingerprint density at radius 2 is 1.82 bits per heavy atom. The van der Waals surface area contributed by atoms with Gasteiger partial charge in [-0.05, 0) is 43.0 Å². The molecule has 0 aromatic heterocycles. The smallest absolute Gasteiger partial charge is 0.161 e. The summed E-state index contributed by atoms with van der Waals surface area (Å²) in [6, 6.07) is 15.9. The molecule has 0 atom stereocenters. The third kappa shape index (κ3) is 4.52. The Morgan fingerprint density at radius 1 is 1.05 bits per heavy atom. The monoisotopic (exact) mass is 299 g/mol. The predicted octanol–water partition coefficient (Wildman–Crippen LogP) is 4.06. The van der Waals surface area contributed by atoms with E-state index in [9.17, 15) is 0 Å². The van der Waals surface area contributed by atoms with Crippen LogP contribution in [0.2, 0.25) is 0 Å². The highest BCUT2D eigenvalue weighted by Gasteiger charge is 2.07. The van der Waals surface area contributed by atoms with E-state index in [0.29, 0.717) is 24.5 Å². The van der Waals surface area contributed by atoms with Crippen molar-refractivity contribution in [2.45, 2.75) is 26.4 Å². The van der Waals surface area contributed by atoms with Crippen molar-refractivity contribution in [3.8, 4) is 11.5 Å². The fraction of sp³-hybridized carbons (Fsp3) is 0.278. The predicted molar refractivity (Wildman–Crippen MR) is 87.0 cm³/mol. The van der Waals surface area contributed by atoms with Gasteiger partial charge in [0, 0.05) is 0 Å². The van der Waals surface area contributed by atoms with Gasteiger partial charge in [-0.2, -0.15) is 0 Å². The molecule has 1 N–H and O–H groups in total. The van der Waals surface area contributed by atoms with E-state index in [4.69, 9.17) is 14.7 Å². The summed E-state index contributed by atoms with van der Waals surface area (Å²) in [6.07, 6.45) is 1.51. The highest BCUT2D eigenvalue weighted by molar-refractivity contribution is 5.81. The van der Waals surface area contributed by atoms with Gasteiger partial charge in [-0.1, -0.05) is 41.6 Å². The largest absolute Gasteiger partial charge is 0.493 e. The summed E-state index contributed by atoms with van der Waals surface area (Å²) in [5, 5.41) is 11.9. The maximum Gasteiger partial charge on any atom is 0.161 e. The normalized spacial score (nSPS) is 11.3. The first-order chi connectivity index (χ1) is 10.7. The van der Waals surface area contributed by atoms with Gasteiger partial charge in [0.25, 0.3) is 0 Å². The molecule has 0 aliphatic carbocycles. The fourth-order valence-corrected chi connectivity index (χ4v) is 2.10. The molecule has 0 spiro atoms. The molecule has 22 heavy (non-hydrogen) atoms. The molecule has 2 aromatic rings. The van der Waals surface area contributed by atoms with Gasteiger partial charge >= 0.3 is 0 Å². The average Bonchev–Trinajstić information content (AvgIpc) is 2.58. The second-order valence-corrected chi connectivity index (χ2v) is 5.09. The maximum absolute atomic E-state index is 8.68. The van der Waals surface area contributed by atoms with Gasteiger partial charge < -0.3 is 14.7 Å². The third-order valence-corrected chi connectivity index (χ3v) is 3.41. The van der Waals surface area contributed by atoms with Crippen LogP contribution in [0.25, 0.3) is 0 Å². The van der Waals surface area contributed by atoms with E-state index in [1.165, 1.54) is 0 Å². The topological polar surface area (TPSA) is 51.0 Å². The Kier molecular flexibility index (Phi) is 5.83. The molecule has 0 aliphatic rings. The Hall–Kier alpha value is -2.49. The van der Waals surface area contributed by atoms with Gasteiger partial charge in [0.1, 0.15) is 6.61 Å². The molecular weight excluding hydrogens is 278 g/mol. The zero-order chi connectivity index (χ0) is 15.8. The van der Waals surface area contributed by atoms with Gasteiger partial charge in [0.15, 0.2) is 11.5 Å². The highest BCUT2D eigenvalue weighted by atomic mass is 16.5. The molecule has 0 amide bonds. The first-order valence-corrected chi connectivity index (χ1v) is 7.24. The molecule has 0 radical (unpaired) electrons. The Balaban J connectivity index is 2.02. The van der Waals surface area contributed by atoms with Crippen molar-refractivity contribution in [1.29, 1.82) is 0 Å². The van der Waals surface area contributed by atoms with Gasteiger partial charge in [-0.15, -0.1) is 0 Å². The maximum atomic E-state index is 8.68. The van der Waals surface area contributed by atoms with Crippen molar-refractivity contribution in [2.24, 2.45) is 5.16 Å². The van der Waals surface area contributed by atoms with Crippen molar-refractivity contribution in [3.63, 3.8) is 0 Å². The lowest BCUT2D eigenvalue weighted by Crippen LogP contribution is -1.99. The lowest BCUT2D eigenvalue weighted by atomic mass is 10.1. The molecule has 0 fully saturated rings. The van der Waals surface area contributed by atoms with Crippen LogP contribution in [0.5, 0.6) is 11.5 Å². The molecule has 2 aromatic carbocycles. The van der Waals surface area contributed by atoms with E-state index in [-0.39, 0.29) is 0 Å². The SMILES string of the molecule is COc1cc(CC/C(C)=N\O)ccc1OCc1ccccc1. The zero-order valence-electron chi connectivity index (χ0n) is 13.0. The molecule has 116 valence electrons. The van der Waals surface area contributed by atoms with E-state index in [2.05, 4.69) is 5.16 Å². The lowest BCUT2D eigenvalue weighted by molar-refractivity contribution is 0.284. The zero-order valence-corrected chi connectivity index (χ0v) is 13.0. The first-order valence-electron chi connectivity index (χ1n) is 7.24.